The molecule has 24 heavy (non-hydrogen) atoms. The van der Waals surface area contributed by atoms with Gasteiger partial charge < -0.3 is 10.6 Å². The first kappa shape index (κ1) is 16.4. The minimum atomic E-state index is -0.317. The highest BCUT2D eigenvalue weighted by Crippen LogP contribution is 2.15. The van der Waals surface area contributed by atoms with Crippen LogP contribution in [0.15, 0.2) is 60.9 Å². The van der Waals surface area contributed by atoms with Gasteiger partial charge in [0.15, 0.2) is 5.11 Å². The number of hydrogen-bond acceptors (Lipinski definition) is 2. The largest absolute Gasteiger partial charge is 0.332 e. The maximum atomic E-state index is 13.2. The van der Waals surface area contributed by atoms with E-state index in [0.29, 0.717) is 22.4 Å². The van der Waals surface area contributed by atoms with Crippen LogP contribution in [0.5, 0.6) is 0 Å². The molecule has 0 radical (unpaired) electrons. The Morgan fingerprint density at radius 3 is 2.50 bits per heavy atom. The molecule has 1 aromatic heterocycles. The summed E-state index contributed by atoms with van der Waals surface area (Å²) in [5.74, 6) is -0.317. The number of thiocarbonyl (C=S) groups is 1. The molecule has 0 amide bonds. The van der Waals surface area contributed by atoms with E-state index in [2.05, 4.69) is 15.7 Å². The second-order valence-electron chi connectivity index (χ2n) is 5.15. The molecule has 2 aromatic carbocycles. The number of benzene rings is 2. The summed E-state index contributed by atoms with van der Waals surface area (Å²) in [5, 5.41) is 11.2. The maximum Gasteiger partial charge on any atom is 0.175 e. The minimum Gasteiger partial charge on any atom is -0.332 e. The van der Waals surface area contributed by atoms with E-state index in [1.165, 1.54) is 12.1 Å². The predicted octanol–water partition coefficient (Wildman–Crippen LogP) is 4.53. The van der Waals surface area contributed by atoms with Crippen molar-refractivity contribution in [2.24, 2.45) is 0 Å². The number of halogens is 2. The average molecular weight is 361 g/mol. The van der Waals surface area contributed by atoms with E-state index in [1.54, 1.807) is 29.2 Å². The van der Waals surface area contributed by atoms with Crippen molar-refractivity contribution in [3.63, 3.8) is 0 Å². The van der Waals surface area contributed by atoms with Crippen LogP contribution in [-0.4, -0.2) is 14.9 Å². The molecule has 0 saturated heterocycles. The van der Waals surface area contributed by atoms with Gasteiger partial charge in [0.05, 0.1) is 17.8 Å². The molecule has 0 aliphatic rings. The molecule has 2 N–H and O–H groups in total. The van der Waals surface area contributed by atoms with Crippen LogP contribution in [0.3, 0.4) is 0 Å². The van der Waals surface area contributed by atoms with Gasteiger partial charge >= 0.3 is 0 Å². The van der Waals surface area contributed by atoms with Crippen molar-refractivity contribution in [1.29, 1.82) is 0 Å². The second-order valence-corrected chi connectivity index (χ2v) is 5.99. The summed E-state index contributed by atoms with van der Waals surface area (Å²) in [6.45, 7) is 0.603. The lowest BCUT2D eigenvalue weighted by atomic mass is 10.2. The van der Waals surface area contributed by atoms with Gasteiger partial charge in [0.2, 0.25) is 0 Å². The quantitative estimate of drug-likeness (QED) is 0.671. The standard InChI is InChI=1S/C17H14ClFN4S/c18-13-9-20-23(11-13)10-12-3-1-5-15(7-12)21-17(24)22-16-6-2-4-14(19)8-16/h1-9,11H,10H2,(H2,21,22,24). The van der Waals surface area contributed by atoms with Gasteiger partial charge in [-0.15, -0.1) is 0 Å². The van der Waals surface area contributed by atoms with Gasteiger partial charge in [-0.2, -0.15) is 5.10 Å². The first-order valence-electron chi connectivity index (χ1n) is 7.19. The van der Waals surface area contributed by atoms with Crippen LogP contribution >= 0.6 is 23.8 Å². The predicted molar refractivity (Wildman–Crippen MR) is 99.0 cm³/mol. The summed E-state index contributed by atoms with van der Waals surface area (Å²) < 4.78 is 14.9. The first-order chi connectivity index (χ1) is 11.6. The third kappa shape index (κ3) is 4.53. The van der Waals surface area contributed by atoms with E-state index >= 15 is 0 Å². The Bertz CT molecular complexity index is 865. The third-order valence-corrected chi connectivity index (χ3v) is 3.61. The molecule has 1 heterocycles. The Kier molecular flexibility index (Phi) is 5.08. The fourth-order valence-electron chi connectivity index (χ4n) is 2.22. The van der Waals surface area contributed by atoms with E-state index in [9.17, 15) is 4.39 Å². The molecule has 0 aliphatic heterocycles. The molecule has 0 fully saturated rings. The van der Waals surface area contributed by atoms with Crippen molar-refractivity contribution >= 4 is 40.3 Å². The Hall–Kier alpha value is -2.44. The number of rotatable bonds is 4. The summed E-state index contributed by atoms with van der Waals surface area (Å²) in [4.78, 5) is 0. The van der Waals surface area contributed by atoms with Crippen LogP contribution in [0.1, 0.15) is 5.56 Å². The number of aromatic nitrogens is 2. The lowest BCUT2D eigenvalue weighted by molar-refractivity contribution is 0.628. The summed E-state index contributed by atoms with van der Waals surface area (Å²) in [7, 11) is 0. The number of nitrogens with one attached hydrogen (secondary N) is 2. The van der Waals surface area contributed by atoms with Gasteiger partial charge in [-0.25, -0.2) is 4.39 Å². The molecule has 3 rings (SSSR count). The normalized spacial score (nSPS) is 10.4. The Labute approximate surface area is 149 Å². The lowest BCUT2D eigenvalue weighted by Crippen LogP contribution is -2.19. The van der Waals surface area contributed by atoms with Crippen LogP contribution in [0.2, 0.25) is 5.02 Å². The highest BCUT2D eigenvalue weighted by atomic mass is 35.5. The van der Waals surface area contributed by atoms with Gasteiger partial charge in [0.25, 0.3) is 0 Å². The molecule has 122 valence electrons. The number of hydrogen-bond donors (Lipinski definition) is 2. The topological polar surface area (TPSA) is 41.9 Å². The Balaban J connectivity index is 1.64. The van der Waals surface area contributed by atoms with E-state index in [1.807, 2.05) is 24.3 Å². The molecule has 3 aromatic rings. The molecule has 0 aliphatic carbocycles. The van der Waals surface area contributed by atoms with Crippen LogP contribution in [0.4, 0.5) is 15.8 Å². The molecule has 7 heteroatoms. The van der Waals surface area contributed by atoms with E-state index < -0.39 is 0 Å². The number of nitrogens with zero attached hydrogens (tertiary/aromatic N) is 2. The zero-order valence-electron chi connectivity index (χ0n) is 12.5. The highest BCUT2D eigenvalue weighted by molar-refractivity contribution is 7.80. The van der Waals surface area contributed by atoms with Gasteiger partial charge in [0, 0.05) is 17.6 Å². The molecular weight excluding hydrogens is 347 g/mol. The molecule has 0 saturated carbocycles. The van der Waals surface area contributed by atoms with Crippen LogP contribution < -0.4 is 10.6 Å². The summed E-state index contributed by atoms with van der Waals surface area (Å²) in [6.07, 6.45) is 3.36. The molecule has 0 atom stereocenters. The third-order valence-electron chi connectivity index (χ3n) is 3.21. The van der Waals surface area contributed by atoms with Crippen LogP contribution in [-0.2, 0) is 6.54 Å². The molecular formula is C17H14ClFN4S. The Morgan fingerprint density at radius 1 is 1.12 bits per heavy atom. The SMILES string of the molecule is Fc1cccc(NC(=S)Nc2cccc(Cn3cc(Cl)cn3)c2)c1. The van der Waals surface area contributed by atoms with Crippen LogP contribution in [0.25, 0.3) is 0 Å². The van der Waals surface area contributed by atoms with Crippen molar-refractivity contribution in [2.75, 3.05) is 10.6 Å². The van der Waals surface area contributed by atoms with Crippen molar-refractivity contribution in [3.8, 4) is 0 Å². The monoisotopic (exact) mass is 360 g/mol. The molecule has 0 unspecified atom stereocenters. The molecule has 0 bridgehead atoms. The van der Waals surface area contributed by atoms with E-state index in [0.717, 1.165) is 11.3 Å². The van der Waals surface area contributed by atoms with Gasteiger partial charge in [-0.05, 0) is 48.1 Å². The van der Waals surface area contributed by atoms with Gasteiger partial charge in [-0.1, -0.05) is 29.8 Å². The first-order valence-corrected chi connectivity index (χ1v) is 7.97. The number of anilines is 2. The van der Waals surface area contributed by atoms with E-state index in [-0.39, 0.29) is 5.82 Å². The fourth-order valence-corrected chi connectivity index (χ4v) is 2.61. The maximum absolute atomic E-state index is 13.2. The average Bonchev–Trinajstić information content (AvgIpc) is 2.92. The fraction of sp³-hybridized carbons (Fsp3) is 0.0588. The van der Waals surface area contributed by atoms with E-state index in [4.69, 9.17) is 23.8 Å². The van der Waals surface area contributed by atoms with Crippen molar-refractivity contribution in [3.05, 3.63) is 77.3 Å². The van der Waals surface area contributed by atoms with Gasteiger partial charge in [0.1, 0.15) is 5.82 Å². The Morgan fingerprint density at radius 2 is 1.83 bits per heavy atom. The summed E-state index contributed by atoms with van der Waals surface area (Å²) in [6, 6.07) is 13.9. The summed E-state index contributed by atoms with van der Waals surface area (Å²) in [5.41, 5.74) is 2.47. The van der Waals surface area contributed by atoms with Crippen molar-refractivity contribution in [1.82, 2.24) is 9.78 Å². The van der Waals surface area contributed by atoms with Crippen molar-refractivity contribution in [2.45, 2.75) is 6.54 Å². The molecule has 0 spiro atoms. The summed E-state index contributed by atoms with van der Waals surface area (Å²) >= 11 is 11.1. The zero-order chi connectivity index (χ0) is 16.9. The minimum absolute atomic E-state index is 0.317. The lowest BCUT2D eigenvalue weighted by Gasteiger charge is -2.11. The molecule has 4 nitrogen and oxygen atoms in total. The highest BCUT2D eigenvalue weighted by Gasteiger charge is 2.03. The van der Waals surface area contributed by atoms with Crippen LogP contribution in [0, 0.1) is 5.82 Å². The second kappa shape index (κ2) is 7.42. The van der Waals surface area contributed by atoms with Crippen molar-refractivity contribution < 1.29 is 4.39 Å². The smallest absolute Gasteiger partial charge is 0.175 e. The van der Waals surface area contributed by atoms with Gasteiger partial charge in [-0.3, -0.25) is 4.68 Å². The zero-order valence-corrected chi connectivity index (χ0v) is 14.1.